The van der Waals surface area contributed by atoms with E-state index in [1.807, 2.05) is 18.2 Å². The second-order valence-corrected chi connectivity index (χ2v) is 5.05. The molecule has 4 heteroatoms. The van der Waals surface area contributed by atoms with E-state index in [1.165, 1.54) is 0 Å². The molecule has 0 atom stereocenters. The molecule has 1 heterocycles. The Balaban J connectivity index is 2.18. The number of hydrogen-bond donors (Lipinski definition) is 0. The highest BCUT2D eigenvalue weighted by Gasteiger charge is 2.06. The molecule has 0 N–H and O–H groups in total. The summed E-state index contributed by atoms with van der Waals surface area (Å²) in [6.45, 7) is 3.44. The van der Waals surface area contributed by atoms with Crippen molar-refractivity contribution in [3.8, 4) is 5.75 Å². The summed E-state index contributed by atoms with van der Waals surface area (Å²) in [5.74, 6) is 1.42. The van der Waals surface area contributed by atoms with Crippen LogP contribution in [0.2, 0.25) is 0 Å². The van der Waals surface area contributed by atoms with E-state index in [9.17, 15) is 4.79 Å². The van der Waals surface area contributed by atoms with Crippen LogP contribution < -0.4 is 10.4 Å². The lowest BCUT2D eigenvalue weighted by Crippen LogP contribution is -2.04. The highest BCUT2D eigenvalue weighted by Crippen LogP contribution is 2.20. The molecular weight excluding hydrogens is 268 g/mol. The summed E-state index contributed by atoms with van der Waals surface area (Å²) >= 11 is 0. The molecule has 4 nitrogen and oxygen atoms in total. The summed E-state index contributed by atoms with van der Waals surface area (Å²) < 4.78 is 16.0. The molecule has 0 aliphatic heterocycles. The minimum absolute atomic E-state index is 0.305. The number of unbranched alkanes of at least 4 members (excludes halogenated alkanes) is 1. The molecule has 114 valence electrons. The maximum absolute atomic E-state index is 12.1. The van der Waals surface area contributed by atoms with Gasteiger partial charge in [-0.1, -0.05) is 19.4 Å². The number of rotatable bonds is 8. The molecule has 0 bridgehead atoms. The van der Waals surface area contributed by atoms with E-state index in [0.29, 0.717) is 30.8 Å². The first-order valence-electron chi connectivity index (χ1n) is 7.43. The van der Waals surface area contributed by atoms with Gasteiger partial charge in [-0.3, -0.25) is 0 Å². The Hall–Kier alpha value is -1.81. The fraction of sp³-hybridized carbons (Fsp3) is 0.471. The molecule has 0 amide bonds. The van der Waals surface area contributed by atoms with Gasteiger partial charge < -0.3 is 13.9 Å². The van der Waals surface area contributed by atoms with Gasteiger partial charge in [-0.25, -0.2) is 4.79 Å². The van der Waals surface area contributed by atoms with Gasteiger partial charge in [0.1, 0.15) is 11.5 Å². The summed E-state index contributed by atoms with van der Waals surface area (Å²) in [5, 5.41) is 1.46. The second-order valence-electron chi connectivity index (χ2n) is 5.05. The fourth-order valence-electron chi connectivity index (χ4n) is 2.15. The van der Waals surface area contributed by atoms with Crippen LogP contribution in [0.15, 0.2) is 33.5 Å². The molecular formula is C17H22O4. The van der Waals surface area contributed by atoms with Crippen LogP contribution in [0.25, 0.3) is 10.8 Å². The number of hydrogen-bond acceptors (Lipinski definition) is 4. The van der Waals surface area contributed by atoms with E-state index in [-0.39, 0.29) is 5.63 Å². The van der Waals surface area contributed by atoms with Crippen molar-refractivity contribution in [3.63, 3.8) is 0 Å². The van der Waals surface area contributed by atoms with Crippen LogP contribution in [0.3, 0.4) is 0 Å². The third kappa shape index (κ3) is 4.33. The van der Waals surface area contributed by atoms with Gasteiger partial charge in [-0.05, 0) is 36.4 Å². The third-order valence-electron chi connectivity index (χ3n) is 3.32. The van der Waals surface area contributed by atoms with Crippen LogP contribution in [0.4, 0.5) is 0 Å². The first-order chi connectivity index (χ1) is 10.2. The van der Waals surface area contributed by atoms with Gasteiger partial charge in [0, 0.05) is 20.1 Å². The quantitative estimate of drug-likeness (QED) is 0.698. The van der Waals surface area contributed by atoms with Crippen LogP contribution in [-0.4, -0.2) is 20.3 Å². The lowest BCUT2D eigenvalue weighted by atomic mass is 10.1. The molecule has 0 saturated carbocycles. The molecule has 0 aliphatic carbocycles. The van der Waals surface area contributed by atoms with Crippen molar-refractivity contribution in [1.82, 2.24) is 0 Å². The topological polar surface area (TPSA) is 48.7 Å². The normalized spacial score (nSPS) is 11.0. The Morgan fingerprint density at radius 2 is 2.00 bits per heavy atom. The van der Waals surface area contributed by atoms with Crippen molar-refractivity contribution in [3.05, 3.63) is 40.4 Å². The zero-order chi connectivity index (χ0) is 15.1. The molecule has 0 spiro atoms. The Bertz CT molecular complexity index is 630. The van der Waals surface area contributed by atoms with E-state index >= 15 is 0 Å². The van der Waals surface area contributed by atoms with Crippen molar-refractivity contribution in [1.29, 1.82) is 0 Å². The monoisotopic (exact) mass is 290 g/mol. The van der Waals surface area contributed by atoms with Gasteiger partial charge in [0.15, 0.2) is 0 Å². The van der Waals surface area contributed by atoms with Crippen LogP contribution >= 0.6 is 0 Å². The number of methoxy groups -OCH3 is 1. The Labute approximate surface area is 124 Å². The summed E-state index contributed by atoms with van der Waals surface area (Å²) in [6.07, 6.45) is 3.63. The highest BCUT2D eigenvalue weighted by atomic mass is 16.5. The summed E-state index contributed by atoms with van der Waals surface area (Å²) in [6, 6.07) is 7.49. The van der Waals surface area contributed by atoms with Gasteiger partial charge in [-0.2, -0.15) is 0 Å². The standard InChI is InChI=1S/C17H22O4/c1-3-4-10-20-14-8-7-13-11-15(6-5-9-19-2)21-17(18)16(13)12-14/h7-8,11-12H,3-6,9-10H2,1-2H3. The van der Waals surface area contributed by atoms with Gasteiger partial charge in [0.25, 0.3) is 0 Å². The molecule has 0 radical (unpaired) electrons. The number of ether oxygens (including phenoxy) is 2. The van der Waals surface area contributed by atoms with Gasteiger partial charge in [-0.15, -0.1) is 0 Å². The van der Waals surface area contributed by atoms with Crippen LogP contribution in [0, 0.1) is 0 Å². The van der Waals surface area contributed by atoms with E-state index in [2.05, 4.69) is 6.92 Å². The molecule has 1 aromatic carbocycles. The number of aryl methyl sites for hydroxylation is 1. The highest BCUT2D eigenvalue weighted by molar-refractivity contribution is 5.82. The van der Waals surface area contributed by atoms with Crippen molar-refractivity contribution >= 4 is 10.8 Å². The number of benzene rings is 1. The summed E-state index contributed by atoms with van der Waals surface area (Å²) in [7, 11) is 1.66. The Morgan fingerprint density at radius 1 is 1.14 bits per heavy atom. The average Bonchev–Trinajstić information content (AvgIpc) is 2.48. The van der Waals surface area contributed by atoms with E-state index in [4.69, 9.17) is 13.9 Å². The SMILES string of the molecule is CCCCOc1ccc2cc(CCCOC)oc(=O)c2c1. The van der Waals surface area contributed by atoms with Gasteiger partial charge in [0.05, 0.1) is 12.0 Å². The average molecular weight is 290 g/mol. The third-order valence-corrected chi connectivity index (χ3v) is 3.32. The Kier molecular flexibility index (Phi) is 5.81. The van der Waals surface area contributed by atoms with Crippen LogP contribution in [0.1, 0.15) is 31.9 Å². The van der Waals surface area contributed by atoms with Crippen molar-refractivity contribution in [2.24, 2.45) is 0 Å². The van der Waals surface area contributed by atoms with Crippen molar-refractivity contribution < 1.29 is 13.9 Å². The first-order valence-corrected chi connectivity index (χ1v) is 7.43. The van der Waals surface area contributed by atoms with Crippen molar-refractivity contribution in [2.45, 2.75) is 32.6 Å². The molecule has 0 aliphatic rings. The predicted octanol–water partition coefficient (Wildman–Crippen LogP) is 3.55. The molecule has 2 aromatic rings. The van der Waals surface area contributed by atoms with E-state index in [0.717, 1.165) is 30.4 Å². The molecule has 0 fully saturated rings. The van der Waals surface area contributed by atoms with Crippen LogP contribution in [-0.2, 0) is 11.2 Å². The summed E-state index contributed by atoms with van der Waals surface area (Å²) in [4.78, 5) is 12.1. The molecule has 0 unspecified atom stereocenters. The zero-order valence-corrected chi connectivity index (χ0v) is 12.7. The predicted molar refractivity (Wildman–Crippen MR) is 83.1 cm³/mol. The van der Waals surface area contributed by atoms with Crippen molar-refractivity contribution in [2.75, 3.05) is 20.3 Å². The van der Waals surface area contributed by atoms with Gasteiger partial charge >= 0.3 is 5.63 Å². The maximum Gasteiger partial charge on any atom is 0.343 e. The Morgan fingerprint density at radius 3 is 2.76 bits per heavy atom. The number of fused-ring (bicyclic) bond motifs is 1. The smallest absolute Gasteiger partial charge is 0.343 e. The second kappa shape index (κ2) is 7.84. The maximum atomic E-state index is 12.1. The molecule has 1 aromatic heterocycles. The minimum atomic E-state index is -0.305. The fourth-order valence-corrected chi connectivity index (χ4v) is 2.15. The molecule has 21 heavy (non-hydrogen) atoms. The molecule has 2 rings (SSSR count). The summed E-state index contributed by atoms with van der Waals surface area (Å²) in [5.41, 5.74) is -0.305. The van der Waals surface area contributed by atoms with Gasteiger partial charge in [0.2, 0.25) is 0 Å². The first kappa shape index (κ1) is 15.6. The lowest BCUT2D eigenvalue weighted by molar-refractivity contribution is 0.193. The largest absolute Gasteiger partial charge is 0.494 e. The minimum Gasteiger partial charge on any atom is -0.494 e. The van der Waals surface area contributed by atoms with E-state index < -0.39 is 0 Å². The lowest BCUT2D eigenvalue weighted by Gasteiger charge is -2.07. The van der Waals surface area contributed by atoms with E-state index in [1.54, 1.807) is 13.2 Å². The molecule has 0 saturated heterocycles. The zero-order valence-electron chi connectivity index (χ0n) is 12.7. The van der Waals surface area contributed by atoms with Crippen LogP contribution in [0.5, 0.6) is 5.75 Å².